The number of aliphatic hydroxyl groups is 1. The maximum Gasteiger partial charge on any atom is 0.240 e. The van der Waals surface area contributed by atoms with E-state index >= 15 is 0 Å². The second-order valence-corrected chi connectivity index (χ2v) is 8.97. The monoisotopic (exact) mass is 354 g/mol. The average Bonchev–Trinajstić information content (AvgIpc) is 2.36. The molecule has 0 aliphatic carbocycles. The van der Waals surface area contributed by atoms with Crippen LogP contribution in [0.25, 0.3) is 0 Å². The number of thioether (sulfide) groups is 1. The van der Waals surface area contributed by atoms with Crippen LogP contribution in [0.3, 0.4) is 0 Å². The Morgan fingerprint density at radius 3 is 2.38 bits per heavy atom. The molecule has 4 N–H and O–H groups in total. The van der Waals surface area contributed by atoms with Crippen LogP contribution in [0.1, 0.15) is 6.92 Å². The summed E-state index contributed by atoms with van der Waals surface area (Å²) in [4.78, 5) is -0.518. The number of primary sulfonamides is 1. The molecule has 0 amide bonds. The van der Waals surface area contributed by atoms with E-state index in [1.54, 1.807) is 6.26 Å². The number of benzene rings is 1. The molecule has 21 heavy (non-hydrogen) atoms. The fourth-order valence-corrected chi connectivity index (χ4v) is 4.08. The molecule has 0 saturated carbocycles. The Morgan fingerprint density at radius 2 is 1.86 bits per heavy atom. The van der Waals surface area contributed by atoms with Crippen LogP contribution in [0.2, 0.25) is 0 Å². The van der Waals surface area contributed by atoms with Gasteiger partial charge < -0.3 is 5.11 Å². The second-order valence-electron chi connectivity index (χ2n) is 4.77. The fraction of sp³-hybridized carbons (Fsp3) is 0.455. The molecule has 0 radical (unpaired) electrons. The number of hydrogen-bond donors (Lipinski definition) is 3. The summed E-state index contributed by atoms with van der Waals surface area (Å²) in [5.74, 6) is 0.354. The minimum absolute atomic E-state index is 0.185. The topological polar surface area (TPSA) is 127 Å². The molecule has 0 aliphatic heterocycles. The highest BCUT2D eigenvalue weighted by molar-refractivity contribution is 7.98. The molecule has 0 aromatic heterocycles. The molecular formula is C11H18N2O5S3. The van der Waals surface area contributed by atoms with Gasteiger partial charge in [-0.1, -0.05) is 6.07 Å². The molecule has 7 nitrogen and oxygen atoms in total. The lowest BCUT2D eigenvalue weighted by molar-refractivity contribution is 0.0908. The summed E-state index contributed by atoms with van der Waals surface area (Å²) in [6, 6.07) is 4.72. The average molecular weight is 354 g/mol. The molecule has 0 saturated heterocycles. The van der Waals surface area contributed by atoms with Crippen molar-refractivity contribution in [2.45, 2.75) is 22.3 Å². The minimum atomic E-state index is -3.98. The standard InChI is InChI=1S/C11H18N2O5S3/c1-11(14,8-19-2)7-13-21(17,18)10-5-3-4-9(6-10)20(12,15)16/h3-6,13-14H,7-8H2,1-2H3,(H2,12,15,16). The van der Waals surface area contributed by atoms with E-state index in [0.29, 0.717) is 5.75 Å². The van der Waals surface area contributed by atoms with Crippen LogP contribution in [-0.4, -0.2) is 46.1 Å². The Kier molecular flexibility index (Phi) is 5.81. The van der Waals surface area contributed by atoms with Crippen LogP contribution >= 0.6 is 11.8 Å². The third-order valence-electron chi connectivity index (χ3n) is 2.54. The first-order chi connectivity index (χ1) is 9.48. The Balaban J connectivity index is 2.99. The van der Waals surface area contributed by atoms with Gasteiger partial charge in [0.2, 0.25) is 20.0 Å². The van der Waals surface area contributed by atoms with Crippen molar-refractivity contribution < 1.29 is 21.9 Å². The zero-order chi connectivity index (χ0) is 16.3. The molecule has 0 aliphatic rings. The van der Waals surface area contributed by atoms with Crippen LogP contribution in [0.5, 0.6) is 0 Å². The minimum Gasteiger partial charge on any atom is -0.388 e. The first-order valence-electron chi connectivity index (χ1n) is 5.82. The molecule has 1 rings (SSSR count). The van der Waals surface area contributed by atoms with Gasteiger partial charge in [-0.15, -0.1) is 0 Å². The maximum atomic E-state index is 12.1. The number of rotatable bonds is 7. The third kappa shape index (κ3) is 5.57. The van der Waals surface area contributed by atoms with Gasteiger partial charge in [-0.3, -0.25) is 0 Å². The summed E-state index contributed by atoms with van der Waals surface area (Å²) in [5.41, 5.74) is -1.20. The molecule has 120 valence electrons. The Bertz CT molecular complexity index is 698. The maximum absolute atomic E-state index is 12.1. The van der Waals surface area contributed by atoms with Crippen molar-refractivity contribution in [2.75, 3.05) is 18.6 Å². The smallest absolute Gasteiger partial charge is 0.240 e. The van der Waals surface area contributed by atoms with Crippen LogP contribution in [0, 0.1) is 0 Å². The number of nitrogens with two attached hydrogens (primary N) is 1. The van der Waals surface area contributed by atoms with Crippen LogP contribution < -0.4 is 9.86 Å². The number of hydrogen-bond acceptors (Lipinski definition) is 6. The third-order valence-corrected chi connectivity index (χ3v) is 5.76. The summed E-state index contributed by atoms with van der Waals surface area (Å²) in [7, 11) is -7.92. The lowest BCUT2D eigenvalue weighted by Gasteiger charge is -2.22. The van der Waals surface area contributed by atoms with Gasteiger partial charge in [-0.25, -0.2) is 26.7 Å². The van der Waals surface area contributed by atoms with E-state index < -0.39 is 25.6 Å². The van der Waals surface area contributed by atoms with Gasteiger partial charge in [-0.05, 0) is 31.4 Å². The Hall–Kier alpha value is -0.650. The first kappa shape index (κ1) is 18.4. The highest BCUT2D eigenvalue weighted by Gasteiger charge is 2.24. The Labute approximate surface area is 129 Å². The summed E-state index contributed by atoms with van der Waals surface area (Å²) < 4.78 is 48.9. The van der Waals surface area contributed by atoms with Crippen LogP contribution in [0.4, 0.5) is 0 Å². The molecular weight excluding hydrogens is 336 g/mol. The van der Waals surface area contributed by atoms with Gasteiger partial charge >= 0.3 is 0 Å². The van der Waals surface area contributed by atoms with Crippen molar-refractivity contribution in [1.82, 2.24) is 4.72 Å². The van der Waals surface area contributed by atoms with Crippen molar-refractivity contribution in [1.29, 1.82) is 0 Å². The van der Waals surface area contributed by atoms with E-state index in [1.807, 2.05) is 0 Å². The quantitative estimate of drug-likeness (QED) is 0.618. The summed E-state index contributed by atoms with van der Waals surface area (Å²) in [6.07, 6.45) is 1.79. The molecule has 0 fully saturated rings. The molecule has 0 heterocycles. The molecule has 1 aromatic carbocycles. The van der Waals surface area contributed by atoms with Crippen molar-refractivity contribution in [3.05, 3.63) is 24.3 Å². The van der Waals surface area contributed by atoms with Gasteiger partial charge in [0.1, 0.15) is 0 Å². The zero-order valence-corrected chi connectivity index (χ0v) is 14.1. The van der Waals surface area contributed by atoms with Crippen molar-refractivity contribution >= 4 is 31.8 Å². The first-order valence-corrected chi connectivity index (χ1v) is 10.2. The molecule has 0 spiro atoms. The fourth-order valence-electron chi connectivity index (χ4n) is 1.51. The highest BCUT2D eigenvalue weighted by atomic mass is 32.2. The molecule has 1 unspecified atom stereocenters. The number of sulfonamides is 2. The predicted octanol–water partition coefficient (Wildman–Crippen LogP) is -0.274. The molecule has 0 bridgehead atoms. The van der Waals surface area contributed by atoms with Gasteiger partial charge in [0.05, 0.1) is 15.4 Å². The number of nitrogens with one attached hydrogen (secondary N) is 1. The summed E-state index contributed by atoms with van der Waals surface area (Å²) in [5, 5.41) is 14.9. The normalized spacial score (nSPS) is 15.6. The highest BCUT2D eigenvalue weighted by Crippen LogP contribution is 2.16. The summed E-state index contributed by atoms with van der Waals surface area (Å²) >= 11 is 1.38. The van der Waals surface area contributed by atoms with E-state index in [4.69, 9.17) is 5.14 Å². The Morgan fingerprint density at radius 1 is 1.29 bits per heavy atom. The van der Waals surface area contributed by atoms with E-state index in [-0.39, 0.29) is 16.3 Å². The van der Waals surface area contributed by atoms with Gasteiger partial charge in [0.25, 0.3) is 0 Å². The van der Waals surface area contributed by atoms with Gasteiger partial charge in [0.15, 0.2) is 0 Å². The van der Waals surface area contributed by atoms with Gasteiger partial charge in [0, 0.05) is 12.3 Å². The van der Waals surface area contributed by atoms with Gasteiger partial charge in [-0.2, -0.15) is 11.8 Å². The van der Waals surface area contributed by atoms with Crippen LogP contribution in [0.15, 0.2) is 34.1 Å². The summed E-state index contributed by atoms with van der Waals surface area (Å²) in [6.45, 7) is 1.32. The van der Waals surface area contributed by atoms with E-state index in [2.05, 4.69) is 4.72 Å². The zero-order valence-electron chi connectivity index (χ0n) is 11.6. The largest absolute Gasteiger partial charge is 0.388 e. The molecule has 1 aromatic rings. The molecule has 1 atom stereocenters. The van der Waals surface area contributed by atoms with Crippen LogP contribution in [-0.2, 0) is 20.0 Å². The molecule has 10 heteroatoms. The van der Waals surface area contributed by atoms with Crippen molar-refractivity contribution in [2.24, 2.45) is 5.14 Å². The SMILES string of the molecule is CSCC(C)(O)CNS(=O)(=O)c1cccc(S(N)(=O)=O)c1. The predicted molar refractivity (Wildman–Crippen MR) is 82.0 cm³/mol. The van der Waals surface area contributed by atoms with E-state index in [0.717, 1.165) is 6.07 Å². The lowest BCUT2D eigenvalue weighted by atomic mass is 10.1. The second kappa shape index (κ2) is 6.63. The van der Waals surface area contributed by atoms with Crippen molar-refractivity contribution in [3.63, 3.8) is 0 Å². The van der Waals surface area contributed by atoms with Crippen molar-refractivity contribution in [3.8, 4) is 0 Å². The van der Waals surface area contributed by atoms with E-state index in [9.17, 15) is 21.9 Å². The lowest BCUT2D eigenvalue weighted by Crippen LogP contribution is -2.42. The van der Waals surface area contributed by atoms with E-state index in [1.165, 1.54) is 36.9 Å².